The number of nitrogens with zero attached hydrogens (tertiary/aromatic N) is 1. The van der Waals surface area contributed by atoms with Gasteiger partial charge in [0.2, 0.25) is 0 Å². The van der Waals surface area contributed by atoms with Crippen molar-refractivity contribution in [2.75, 3.05) is 31.1 Å². The highest BCUT2D eigenvalue weighted by atomic mass is 32.2. The Morgan fingerprint density at radius 1 is 1.31 bits per heavy atom. The van der Waals surface area contributed by atoms with Gasteiger partial charge in [-0.1, -0.05) is 27.7 Å². The van der Waals surface area contributed by atoms with Crippen LogP contribution in [0.25, 0.3) is 0 Å². The molecular weight excluding hydrogens is 216 g/mol. The van der Waals surface area contributed by atoms with E-state index in [1.807, 2.05) is 0 Å². The predicted molar refractivity (Wildman–Crippen MR) is 75.0 cm³/mol. The highest BCUT2D eigenvalue weighted by Gasteiger charge is 2.49. The third-order valence-electron chi connectivity index (χ3n) is 4.29. The van der Waals surface area contributed by atoms with Crippen LogP contribution in [0.5, 0.6) is 0 Å². The maximum atomic E-state index is 6.17. The molecule has 0 spiro atoms. The van der Waals surface area contributed by atoms with Crippen LogP contribution < -0.4 is 5.73 Å². The van der Waals surface area contributed by atoms with Crippen molar-refractivity contribution < 1.29 is 0 Å². The van der Waals surface area contributed by atoms with Gasteiger partial charge in [0.1, 0.15) is 0 Å². The minimum Gasteiger partial charge on any atom is -0.329 e. The lowest BCUT2D eigenvalue weighted by atomic mass is 9.69. The molecule has 1 rings (SSSR count). The average molecular weight is 244 g/mol. The van der Waals surface area contributed by atoms with E-state index in [9.17, 15) is 0 Å². The zero-order valence-electron chi connectivity index (χ0n) is 11.4. The third-order valence-corrected chi connectivity index (χ3v) is 5.46. The summed E-state index contributed by atoms with van der Waals surface area (Å²) >= 11 is 2.08. The Kier molecular flexibility index (Phi) is 5.14. The van der Waals surface area contributed by atoms with E-state index in [4.69, 9.17) is 5.73 Å². The van der Waals surface area contributed by atoms with Gasteiger partial charge in [0.05, 0.1) is 0 Å². The molecule has 1 heterocycles. The van der Waals surface area contributed by atoms with Gasteiger partial charge >= 0.3 is 0 Å². The standard InChI is InChI=1S/C13H28N2S/c1-5-8-15(6-2)13(10-14)11-16-9-7-12(13,3)4/h5-11,14H2,1-4H3. The zero-order valence-corrected chi connectivity index (χ0v) is 12.2. The van der Waals surface area contributed by atoms with Gasteiger partial charge in [-0.05, 0) is 37.1 Å². The van der Waals surface area contributed by atoms with Gasteiger partial charge in [-0.3, -0.25) is 4.90 Å². The first-order valence-corrected chi connectivity index (χ1v) is 7.72. The van der Waals surface area contributed by atoms with Crippen LogP contribution in [-0.4, -0.2) is 41.6 Å². The van der Waals surface area contributed by atoms with E-state index in [-0.39, 0.29) is 5.54 Å². The second-order valence-electron chi connectivity index (χ2n) is 5.50. The molecule has 1 aliphatic heterocycles. The second kappa shape index (κ2) is 5.74. The third kappa shape index (κ3) is 2.41. The van der Waals surface area contributed by atoms with E-state index in [1.54, 1.807) is 0 Å². The molecule has 0 aromatic carbocycles. The molecule has 2 nitrogen and oxygen atoms in total. The maximum Gasteiger partial charge on any atom is 0.0472 e. The summed E-state index contributed by atoms with van der Waals surface area (Å²) in [6.07, 6.45) is 2.51. The second-order valence-corrected chi connectivity index (χ2v) is 6.61. The summed E-state index contributed by atoms with van der Waals surface area (Å²) in [6.45, 7) is 12.4. The smallest absolute Gasteiger partial charge is 0.0472 e. The summed E-state index contributed by atoms with van der Waals surface area (Å²) in [4.78, 5) is 2.62. The molecule has 2 N–H and O–H groups in total. The first-order valence-electron chi connectivity index (χ1n) is 6.57. The van der Waals surface area contributed by atoms with Crippen molar-refractivity contribution in [3.63, 3.8) is 0 Å². The number of thioether (sulfide) groups is 1. The molecule has 3 heteroatoms. The van der Waals surface area contributed by atoms with Gasteiger partial charge in [0, 0.05) is 17.8 Å². The van der Waals surface area contributed by atoms with E-state index >= 15 is 0 Å². The van der Waals surface area contributed by atoms with Crippen LogP contribution >= 0.6 is 11.8 Å². The fourth-order valence-electron chi connectivity index (χ4n) is 2.92. The van der Waals surface area contributed by atoms with E-state index in [0.717, 1.165) is 13.1 Å². The van der Waals surface area contributed by atoms with Gasteiger partial charge in [0.25, 0.3) is 0 Å². The molecule has 1 atom stereocenters. The fraction of sp³-hybridized carbons (Fsp3) is 1.00. The lowest BCUT2D eigenvalue weighted by Gasteiger charge is -2.55. The number of rotatable bonds is 5. The quantitative estimate of drug-likeness (QED) is 0.806. The Morgan fingerprint density at radius 2 is 2.00 bits per heavy atom. The van der Waals surface area contributed by atoms with E-state index in [1.165, 1.54) is 30.9 Å². The first kappa shape index (κ1) is 14.3. The monoisotopic (exact) mass is 244 g/mol. The Bertz CT molecular complexity index is 218. The molecule has 16 heavy (non-hydrogen) atoms. The summed E-state index contributed by atoms with van der Waals surface area (Å²) in [5.74, 6) is 2.49. The van der Waals surface area contributed by atoms with Crippen LogP contribution in [0.2, 0.25) is 0 Å². The van der Waals surface area contributed by atoms with Gasteiger partial charge in [0.15, 0.2) is 0 Å². The Morgan fingerprint density at radius 3 is 2.44 bits per heavy atom. The SMILES string of the molecule is CCCN(CC)C1(CN)CSCCC1(C)C. The highest BCUT2D eigenvalue weighted by molar-refractivity contribution is 7.99. The van der Waals surface area contributed by atoms with Crippen LogP contribution in [0.15, 0.2) is 0 Å². The molecule has 0 amide bonds. The number of hydrogen-bond donors (Lipinski definition) is 1. The van der Waals surface area contributed by atoms with Gasteiger partial charge < -0.3 is 5.73 Å². The van der Waals surface area contributed by atoms with Crippen molar-refractivity contribution in [1.82, 2.24) is 4.90 Å². The van der Waals surface area contributed by atoms with Crippen molar-refractivity contribution in [3.8, 4) is 0 Å². The molecule has 0 radical (unpaired) electrons. The summed E-state index contributed by atoms with van der Waals surface area (Å²) < 4.78 is 0. The number of hydrogen-bond acceptors (Lipinski definition) is 3. The average Bonchev–Trinajstić information content (AvgIpc) is 2.26. The normalized spacial score (nSPS) is 29.6. The molecule has 0 aromatic heterocycles. The molecule has 1 saturated heterocycles. The fourth-order valence-corrected chi connectivity index (χ4v) is 4.75. The molecule has 1 unspecified atom stereocenters. The number of nitrogens with two attached hydrogens (primary N) is 1. The summed E-state index contributed by atoms with van der Waals surface area (Å²) in [5, 5.41) is 0. The Hall–Kier alpha value is 0.270. The minimum atomic E-state index is 0.209. The lowest BCUT2D eigenvalue weighted by Crippen LogP contribution is -2.65. The minimum absolute atomic E-state index is 0.209. The zero-order chi connectivity index (χ0) is 12.2. The molecule has 0 bridgehead atoms. The number of likely N-dealkylation sites (N-methyl/N-ethyl adjacent to an activating group) is 1. The molecule has 96 valence electrons. The Balaban J connectivity index is 2.95. The Labute approximate surface area is 105 Å². The summed E-state index contributed by atoms with van der Waals surface area (Å²) in [7, 11) is 0. The van der Waals surface area contributed by atoms with Crippen LogP contribution in [0, 0.1) is 5.41 Å². The van der Waals surface area contributed by atoms with Crippen molar-refractivity contribution in [3.05, 3.63) is 0 Å². The van der Waals surface area contributed by atoms with Crippen LogP contribution in [0.3, 0.4) is 0 Å². The lowest BCUT2D eigenvalue weighted by molar-refractivity contribution is 0.00483. The largest absolute Gasteiger partial charge is 0.329 e. The van der Waals surface area contributed by atoms with Gasteiger partial charge in [-0.25, -0.2) is 0 Å². The molecule has 1 aliphatic rings. The van der Waals surface area contributed by atoms with Crippen LogP contribution in [0.1, 0.15) is 40.5 Å². The van der Waals surface area contributed by atoms with Crippen molar-refractivity contribution >= 4 is 11.8 Å². The van der Waals surface area contributed by atoms with E-state index in [2.05, 4.69) is 44.4 Å². The predicted octanol–water partition coefficient (Wildman–Crippen LogP) is 2.58. The summed E-state index contributed by atoms with van der Waals surface area (Å²) in [5.41, 5.74) is 6.72. The van der Waals surface area contributed by atoms with E-state index in [0.29, 0.717) is 5.41 Å². The topological polar surface area (TPSA) is 29.3 Å². The maximum absolute atomic E-state index is 6.17. The van der Waals surface area contributed by atoms with Crippen LogP contribution in [-0.2, 0) is 0 Å². The highest BCUT2D eigenvalue weighted by Crippen LogP contribution is 2.45. The van der Waals surface area contributed by atoms with Crippen molar-refractivity contribution in [1.29, 1.82) is 0 Å². The first-order chi connectivity index (χ1) is 7.54. The van der Waals surface area contributed by atoms with Crippen molar-refractivity contribution in [2.24, 2.45) is 11.1 Å². The van der Waals surface area contributed by atoms with E-state index < -0.39 is 0 Å². The van der Waals surface area contributed by atoms with Gasteiger partial charge in [-0.15, -0.1) is 0 Å². The molecular formula is C13H28N2S. The van der Waals surface area contributed by atoms with Gasteiger partial charge in [-0.2, -0.15) is 11.8 Å². The molecule has 0 saturated carbocycles. The molecule has 0 aromatic rings. The summed E-state index contributed by atoms with van der Waals surface area (Å²) in [6, 6.07) is 0. The van der Waals surface area contributed by atoms with Crippen molar-refractivity contribution in [2.45, 2.75) is 46.1 Å². The molecule has 1 fully saturated rings. The van der Waals surface area contributed by atoms with Crippen LogP contribution in [0.4, 0.5) is 0 Å². The molecule has 0 aliphatic carbocycles.